The van der Waals surface area contributed by atoms with E-state index in [9.17, 15) is 9.18 Å². The number of nitrogens with one attached hydrogen (secondary N) is 1. The number of carbonyl (C=O) groups excluding carboxylic acids is 1. The average Bonchev–Trinajstić information content (AvgIpc) is 2.25. The summed E-state index contributed by atoms with van der Waals surface area (Å²) in [6.07, 6.45) is 0. The Kier molecular flexibility index (Phi) is 4.68. The molecule has 1 atom stereocenters. The first kappa shape index (κ1) is 12.9. The number of alkyl halides is 1. The molecule has 1 aromatic carbocycles. The van der Waals surface area contributed by atoms with Crippen molar-refractivity contribution >= 4 is 21.8 Å². The van der Waals surface area contributed by atoms with Gasteiger partial charge in [0.25, 0.3) is 0 Å². The predicted molar refractivity (Wildman–Crippen MR) is 65.9 cm³/mol. The number of carbonyl (C=O) groups is 1. The van der Waals surface area contributed by atoms with Crippen LogP contribution in [0.2, 0.25) is 0 Å². The van der Waals surface area contributed by atoms with Gasteiger partial charge in [-0.15, -0.1) is 0 Å². The fraction of sp³-hybridized carbons (Fsp3) is 0.250. The Labute approximate surface area is 103 Å². The summed E-state index contributed by atoms with van der Waals surface area (Å²) in [4.78, 5) is 11.0. The second-order valence-corrected chi connectivity index (χ2v) is 4.47. The molecule has 0 aliphatic heterocycles. The molecule has 1 aromatic rings. The number of amides is 1. The summed E-state index contributed by atoms with van der Waals surface area (Å²) in [5.74, 6) is -0.664. The molecule has 0 aliphatic rings. The van der Waals surface area contributed by atoms with Gasteiger partial charge in [0.1, 0.15) is 10.6 Å². The summed E-state index contributed by atoms with van der Waals surface area (Å²) >= 11 is 3.17. The summed E-state index contributed by atoms with van der Waals surface area (Å²) in [6, 6.07) is 6.19. The first-order chi connectivity index (χ1) is 7.52. The zero-order valence-corrected chi connectivity index (χ0v) is 10.6. The summed E-state index contributed by atoms with van der Waals surface area (Å²) in [6.45, 7) is 5.88. The van der Waals surface area contributed by atoms with Crippen molar-refractivity contribution in [3.05, 3.63) is 47.8 Å². The van der Waals surface area contributed by atoms with Gasteiger partial charge in [-0.1, -0.05) is 46.3 Å². The molecule has 0 bridgehead atoms. The Balaban J connectivity index is 2.71. The van der Waals surface area contributed by atoms with E-state index in [4.69, 9.17) is 0 Å². The van der Waals surface area contributed by atoms with E-state index in [1.54, 1.807) is 18.2 Å². The molecular formula is C12H13BrFNO. The highest BCUT2D eigenvalue weighted by Gasteiger charge is 2.19. The van der Waals surface area contributed by atoms with Crippen molar-refractivity contribution in [1.29, 1.82) is 0 Å². The molecule has 0 radical (unpaired) electrons. The maximum Gasteiger partial charge on any atom is 0.238 e. The van der Waals surface area contributed by atoms with E-state index in [-0.39, 0.29) is 5.91 Å². The van der Waals surface area contributed by atoms with Gasteiger partial charge in [0, 0.05) is 12.1 Å². The molecule has 1 rings (SSSR count). The maximum absolute atomic E-state index is 13.4. The van der Waals surface area contributed by atoms with E-state index in [1.165, 1.54) is 6.07 Å². The first-order valence-electron chi connectivity index (χ1n) is 4.83. The van der Waals surface area contributed by atoms with Gasteiger partial charge in [-0.2, -0.15) is 0 Å². The van der Waals surface area contributed by atoms with Crippen LogP contribution in [0.1, 0.15) is 17.3 Å². The molecule has 0 aliphatic carbocycles. The molecule has 1 amide bonds. The van der Waals surface area contributed by atoms with Gasteiger partial charge in [-0.05, 0) is 13.0 Å². The molecule has 2 nitrogen and oxygen atoms in total. The maximum atomic E-state index is 13.4. The Morgan fingerprint density at radius 3 is 2.75 bits per heavy atom. The number of benzene rings is 1. The third kappa shape index (κ3) is 3.45. The quantitative estimate of drug-likeness (QED) is 0.669. The van der Waals surface area contributed by atoms with Crippen LogP contribution >= 0.6 is 15.9 Å². The molecule has 0 fully saturated rings. The lowest BCUT2D eigenvalue weighted by molar-refractivity contribution is -0.120. The van der Waals surface area contributed by atoms with Gasteiger partial charge in [0.05, 0.1) is 0 Å². The highest BCUT2D eigenvalue weighted by atomic mass is 79.9. The van der Waals surface area contributed by atoms with Gasteiger partial charge >= 0.3 is 0 Å². The minimum absolute atomic E-state index is 0.270. The molecule has 16 heavy (non-hydrogen) atoms. The third-order valence-electron chi connectivity index (χ3n) is 1.97. The second kappa shape index (κ2) is 5.80. The van der Waals surface area contributed by atoms with Gasteiger partial charge in [0.2, 0.25) is 5.91 Å². The molecule has 0 heterocycles. The molecular weight excluding hydrogens is 273 g/mol. The van der Waals surface area contributed by atoms with Crippen LogP contribution in [0.4, 0.5) is 4.39 Å². The van der Waals surface area contributed by atoms with Crippen molar-refractivity contribution in [2.75, 3.05) is 6.54 Å². The molecule has 1 N–H and O–H groups in total. The van der Waals surface area contributed by atoms with E-state index in [2.05, 4.69) is 27.8 Å². The van der Waals surface area contributed by atoms with Crippen molar-refractivity contribution in [2.45, 2.75) is 11.8 Å². The summed E-state index contributed by atoms with van der Waals surface area (Å²) in [7, 11) is 0. The Morgan fingerprint density at radius 2 is 2.19 bits per heavy atom. The second-order valence-electron chi connectivity index (χ2n) is 3.56. The van der Waals surface area contributed by atoms with Crippen LogP contribution < -0.4 is 5.32 Å². The van der Waals surface area contributed by atoms with E-state index < -0.39 is 10.6 Å². The number of rotatable bonds is 4. The molecule has 0 aromatic heterocycles. The van der Waals surface area contributed by atoms with Gasteiger partial charge in [0.15, 0.2) is 0 Å². The van der Waals surface area contributed by atoms with E-state index in [1.807, 2.05) is 6.92 Å². The standard InChI is InChI=1S/C12H13BrFNO/c1-8(2)7-15-12(16)11(13)9-5-3-4-6-10(9)14/h3-6,11H,1,7H2,2H3,(H,15,16). The largest absolute Gasteiger partial charge is 0.351 e. The van der Waals surface area contributed by atoms with Crippen LogP contribution in [0.25, 0.3) is 0 Å². The lowest BCUT2D eigenvalue weighted by Crippen LogP contribution is -2.28. The van der Waals surface area contributed by atoms with Crippen LogP contribution in [0, 0.1) is 5.82 Å². The Bertz CT molecular complexity index is 406. The lowest BCUT2D eigenvalue weighted by Gasteiger charge is -2.11. The van der Waals surface area contributed by atoms with Crippen molar-refractivity contribution in [3.63, 3.8) is 0 Å². The van der Waals surface area contributed by atoms with Crippen molar-refractivity contribution in [3.8, 4) is 0 Å². The van der Waals surface area contributed by atoms with Gasteiger partial charge < -0.3 is 5.32 Å². The molecule has 0 saturated heterocycles. The highest BCUT2D eigenvalue weighted by molar-refractivity contribution is 9.09. The number of hydrogen-bond donors (Lipinski definition) is 1. The molecule has 0 saturated carbocycles. The van der Waals surface area contributed by atoms with Crippen LogP contribution in [0.3, 0.4) is 0 Å². The normalized spacial score (nSPS) is 11.9. The molecule has 86 valence electrons. The van der Waals surface area contributed by atoms with Crippen molar-refractivity contribution < 1.29 is 9.18 Å². The Morgan fingerprint density at radius 1 is 1.56 bits per heavy atom. The molecule has 1 unspecified atom stereocenters. The fourth-order valence-electron chi connectivity index (χ4n) is 1.15. The van der Waals surface area contributed by atoms with E-state index in [0.29, 0.717) is 12.1 Å². The summed E-state index contributed by atoms with van der Waals surface area (Å²) in [5, 5.41) is 2.66. The first-order valence-corrected chi connectivity index (χ1v) is 5.74. The zero-order valence-electron chi connectivity index (χ0n) is 8.97. The summed E-state index contributed by atoms with van der Waals surface area (Å²) < 4.78 is 13.4. The topological polar surface area (TPSA) is 29.1 Å². The predicted octanol–water partition coefficient (Wildman–Crippen LogP) is 2.95. The molecule has 4 heteroatoms. The smallest absolute Gasteiger partial charge is 0.238 e. The number of hydrogen-bond acceptors (Lipinski definition) is 1. The van der Waals surface area contributed by atoms with Crippen LogP contribution in [0.15, 0.2) is 36.4 Å². The van der Waals surface area contributed by atoms with Crippen molar-refractivity contribution in [2.24, 2.45) is 0 Å². The van der Waals surface area contributed by atoms with Crippen LogP contribution in [0.5, 0.6) is 0 Å². The SMILES string of the molecule is C=C(C)CNC(=O)C(Br)c1ccccc1F. The van der Waals surface area contributed by atoms with Crippen LogP contribution in [-0.2, 0) is 4.79 Å². The van der Waals surface area contributed by atoms with E-state index >= 15 is 0 Å². The third-order valence-corrected chi connectivity index (χ3v) is 2.88. The fourth-order valence-corrected chi connectivity index (χ4v) is 1.68. The summed E-state index contributed by atoms with van der Waals surface area (Å²) in [5.41, 5.74) is 1.18. The minimum atomic E-state index is -0.673. The van der Waals surface area contributed by atoms with Crippen molar-refractivity contribution in [1.82, 2.24) is 5.32 Å². The van der Waals surface area contributed by atoms with Crippen LogP contribution in [-0.4, -0.2) is 12.5 Å². The van der Waals surface area contributed by atoms with E-state index in [0.717, 1.165) is 5.57 Å². The monoisotopic (exact) mass is 285 g/mol. The zero-order chi connectivity index (χ0) is 12.1. The minimum Gasteiger partial charge on any atom is -0.351 e. The van der Waals surface area contributed by atoms with Gasteiger partial charge in [-0.25, -0.2) is 4.39 Å². The molecule has 0 spiro atoms. The number of halogens is 2. The van der Waals surface area contributed by atoms with Gasteiger partial charge in [-0.3, -0.25) is 4.79 Å². The average molecular weight is 286 g/mol. The Hall–Kier alpha value is -1.16. The lowest BCUT2D eigenvalue weighted by atomic mass is 10.1. The highest BCUT2D eigenvalue weighted by Crippen LogP contribution is 2.25.